The van der Waals surface area contributed by atoms with Crippen molar-refractivity contribution in [2.45, 2.75) is 19.3 Å². The molecule has 6 heteroatoms. The van der Waals surface area contributed by atoms with Gasteiger partial charge in [-0.05, 0) is 6.92 Å². The topological polar surface area (TPSA) is 88.0 Å². The first-order valence-electron chi connectivity index (χ1n) is 4.70. The molecule has 6 nitrogen and oxygen atoms in total. The molecule has 0 saturated heterocycles. The Kier molecular flexibility index (Phi) is 7.23. The molecular weight excluding hydrogens is 202 g/mol. The first-order chi connectivity index (χ1) is 7.02. The highest BCUT2D eigenvalue weighted by Crippen LogP contribution is 2.01. The highest BCUT2D eigenvalue weighted by Gasteiger charge is 2.20. The minimum atomic E-state index is -1.01. The van der Waals surface area contributed by atoms with Crippen molar-refractivity contribution >= 4 is 5.97 Å². The number of rotatable bonds is 8. The zero-order valence-corrected chi connectivity index (χ0v) is 9.27. The quantitative estimate of drug-likeness (QED) is 0.469. The SMILES string of the molecule is COC(CNCC(O)C(C)C(=O)O)OC. The van der Waals surface area contributed by atoms with Gasteiger partial charge in [0.1, 0.15) is 0 Å². The number of methoxy groups -OCH3 is 2. The predicted octanol–water partition coefficient (Wildman–Crippen LogP) is -0.723. The van der Waals surface area contributed by atoms with E-state index in [9.17, 15) is 9.90 Å². The molecule has 3 N–H and O–H groups in total. The second-order valence-electron chi connectivity index (χ2n) is 3.25. The van der Waals surface area contributed by atoms with Gasteiger partial charge in [0.15, 0.2) is 6.29 Å². The van der Waals surface area contributed by atoms with Crippen molar-refractivity contribution in [2.24, 2.45) is 5.92 Å². The molecule has 0 aliphatic heterocycles. The molecule has 0 amide bonds. The van der Waals surface area contributed by atoms with Crippen LogP contribution in [0.25, 0.3) is 0 Å². The molecule has 0 aliphatic rings. The van der Waals surface area contributed by atoms with Crippen LogP contribution in [0, 0.1) is 5.92 Å². The lowest BCUT2D eigenvalue weighted by Crippen LogP contribution is -2.39. The number of carboxylic acid groups (broad SMARTS) is 1. The smallest absolute Gasteiger partial charge is 0.308 e. The van der Waals surface area contributed by atoms with Crippen molar-refractivity contribution in [3.8, 4) is 0 Å². The van der Waals surface area contributed by atoms with Crippen molar-refractivity contribution in [3.05, 3.63) is 0 Å². The lowest BCUT2D eigenvalue weighted by atomic mass is 10.1. The van der Waals surface area contributed by atoms with Crippen molar-refractivity contribution in [1.29, 1.82) is 0 Å². The fourth-order valence-corrected chi connectivity index (χ4v) is 0.953. The van der Waals surface area contributed by atoms with E-state index >= 15 is 0 Å². The Hall–Kier alpha value is -0.690. The van der Waals surface area contributed by atoms with Crippen LogP contribution < -0.4 is 5.32 Å². The summed E-state index contributed by atoms with van der Waals surface area (Å²) in [5.41, 5.74) is 0. The van der Waals surface area contributed by atoms with Crippen molar-refractivity contribution in [3.63, 3.8) is 0 Å². The number of nitrogens with one attached hydrogen (secondary N) is 1. The van der Waals surface area contributed by atoms with Crippen molar-refractivity contribution < 1.29 is 24.5 Å². The van der Waals surface area contributed by atoms with Crippen LogP contribution in [-0.4, -0.2) is 55.9 Å². The Morgan fingerprint density at radius 1 is 1.33 bits per heavy atom. The maximum Gasteiger partial charge on any atom is 0.308 e. The van der Waals surface area contributed by atoms with Gasteiger partial charge < -0.3 is 25.0 Å². The van der Waals surface area contributed by atoms with Gasteiger partial charge in [-0.2, -0.15) is 0 Å². The standard InChI is InChI=1S/C9H19NO5/c1-6(9(12)13)7(11)4-10-5-8(14-2)15-3/h6-8,10-11H,4-5H2,1-3H3,(H,12,13). The molecular formula is C9H19NO5. The van der Waals surface area contributed by atoms with Gasteiger partial charge in [-0.25, -0.2) is 0 Å². The fraction of sp³-hybridized carbons (Fsp3) is 0.889. The Bertz CT molecular complexity index is 183. The second kappa shape index (κ2) is 7.58. The van der Waals surface area contributed by atoms with E-state index < -0.39 is 24.3 Å². The third-order valence-electron chi connectivity index (χ3n) is 2.16. The summed E-state index contributed by atoms with van der Waals surface area (Å²) in [6.45, 7) is 2.05. The van der Waals surface area contributed by atoms with E-state index in [2.05, 4.69) is 5.32 Å². The minimum Gasteiger partial charge on any atom is -0.481 e. The zero-order valence-electron chi connectivity index (χ0n) is 9.27. The van der Waals surface area contributed by atoms with Gasteiger partial charge in [-0.3, -0.25) is 4.79 Å². The van der Waals surface area contributed by atoms with Crippen LogP contribution in [0.2, 0.25) is 0 Å². The van der Waals surface area contributed by atoms with Gasteiger partial charge in [0.25, 0.3) is 0 Å². The monoisotopic (exact) mass is 221 g/mol. The van der Waals surface area contributed by atoms with Gasteiger partial charge in [0.2, 0.25) is 0 Å². The number of ether oxygens (including phenoxy) is 2. The van der Waals surface area contributed by atoms with Gasteiger partial charge >= 0.3 is 5.97 Å². The molecule has 0 aliphatic carbocycles. The summed E-state index contributed by atoms with van der Waals surface area (Å²) < 4.78 is 9.81. The summed E-state index contributed by atoms with van der Waals surface area (Å²) >= 11 is 0. The Morgan fingerprint density at radius 3 is 2.27 bits per heavy atom. The predicted molar refractivity (Wildman–Crippen MR) is 53.5 cm³/mol. The van der Waals surface area contributed by atoms with Crippen LogP contribution in [-0.2, 0) is 14.3 Å². The first kappa shape index (κ1) is 14.3. The molecule has 0 bridgehead atoms. The highest BCUT2D eigenvalue weighted by atomic mass is 16.7. The molecule has 0 aromatic heterocycles. The molecule has 0 rings (SSSR count). The molecule has 2 unspecified atom stereocenters. The van der Waals surface area contributed by atoms with Gasteiger partial charge in [0.05, 0.1) is 12.0 Å². The number of aliphatic carboxylic acids is 1. The van der Waals surface area contributed by atoms with Gasteiger partial charge in [-0.1, -0.05) is 0 Å². The molecule has 90 valence electrons. The van der Waals surface area contributed by atoms with E-state index in [1.165, 1.54) is 21.1 Å². The fourth-order valence-electron chi connectivity index (χ4n) is 0.953. The summed E-state index contributed by atoms with van der Waals surface area (Å²) in [7, 11) is 3.01. The lowest BCUT2D eigenvalue weighted by Gasteiger charge is -2.18. The lowest BCUT2D eigenvalue weighted by molar-refractivity contribution is -0.144. The molecule has 2 atom stereocenters. The normalized spacial score (nSPS) is 15.3. The Balaban J connectivity index is 3.71. The molecule has 15 heavy (non-hydrogen) atoms. The second-order valence-corrected chi connectivity index (χ2v) is 3.25. The van der Waals surface area contributed by atoms with Crippen LogP contribution in [0.5, 0.6) is 0 Å². The summed E-state index contributed by atoms with van der Waals surface area (Å²) in [6, 6.07) is 0. The zero-order chi connectivity index (χ0) is 11.8. The molecule has 0 aromatic carbocycles. The Labute approximate surface area is 89.2 Å². The largest absolute Gasteiger partial charge is 0.481 e. The summed E-state index contributed by atoms with van der Waals surface area (Å²) in [6.07, 6.45) is -1.31. The van der Waals surface area contributed by atoms with Crippen LogP contribution in [0.1, 0.15) is 6.92 Å². The number of carboxylic acids is 1. The molecule has 0 fully saturated rings. The van der Waals surface area contributed by atoms with Gasteiger partial charge in [-0.15, -0.1) is 0 Å². The van der Waals surface area contributed by atoms with Crippen molar-refractivity contribution in [2.75, 3.05) is 27.3 Å². The molecule has 0 radical (unpaired) electrons. The number of hydrogen-bond acceptors (Lipinski definition) is 5. The van der Waals surface area contributed by atoms with E-state index in [1.807, 2.05) is 0 Å². The minimum absolute atomic E-state index is 0.191. The number of aliphatic hydroxyl groups excluding tert-OH is 1. The molecule has 0 heterocycles. The average Bonchev–Trinajstić information content (AvgIpc) is 2.22. The van der Waals surface area contributed by atoms with Gasteiger partial charge in [0, 0.05) is 27.3 Å². The summed E-state index contributed by atoms with van der Waals surface area (Å²) in [5.74, 6) is -1.81. The van der Waals surface area contributed by atoms with Crippen LogP contribution in [0.4, 0.5) is 0 Å². The summed E-state index contributed by atoms with van der Waals surface area (Å²) in [4.78, 5) is 10.5. The highest BCUT2D eigenvalue weighted by molar-refractivity contribution is 5.70. The van der Waals surface area contributed by atoms with Crippen LogP contribution in [0.3, 0.4) is 0 Å². The number of hydrogen-bond donors (Lipinski definition) is 3. The van der Waals surface area contributed by atoms with E-state index in [0.717, 1.165) is 0 Å². The van der Waals surface area contributed by atoms with E-state index in [0.29, 0.717) is 6.54 Å². The maximum absolute atomic E-state index is 10.5. The maximum atomic E-state index is 10.5. The van der Waals surface area contributed by atoms with Crippen LogP contribution in [0.15, 0.2) is 0 Å². The average molecular weight is 221 g/mol. The van der Waals surface area contributed by atoms with Crippen molar-refractivity contribution in [1.82, 2.24) is 5.32 Å². The summed E-state index contributed by atoms with van der Waals surface area (Å²) in [5, 5.41) is 20.9. The third kappa shape index (κ3) is 5.68. The number of carbonyl (C=O) groups is 1. The van der Waals surface area contributed by atoms with E-state index in [1.54, 1.807) is 0 Å². The molecule has 0 spiro atoms. The Morgan fingerprint density at radius 2 is 1.87 bits per heavy atom. The molecule has 0 aromatic rings. The van der Waals surface area contributed by atoms with E-state index in [4.69, 9.17) is 14.6 Å². The van der Waals surface area contributed by atoms with E-state index in [-0.39, 0.29) is 6.54 Å². The number of aliphatic hydroxyl groups is 1. The molecule has 0 saturated carbocycles. The third-order valence-corrected chi connectivity index (χ3v) is 2.16. The first-order valence-corrected chi connectivity index (χ1v) is 4.70. The van der Waals surface area contributed by atoms with Crippen LogP contribution >= 0.6 is 0 Å².